The Hall–Kier alpha value is -0.840. The van der Waals surface area contributed by atoms with Gasteiger partial charge in [-0.25, -0.2) is 0 Å². The number of H-pyrrole nitrogens is 1. The van der Waals surface area contributed by atoms with Gasteiger partial charge in [0, 0.05) is 41.3 Å². The van der Waals surface area contributed by atoms with Crippen LogP contribution in [0.25, 0.3) is 10.9 Å². The van der Waals surface area contributed by atoms with Gasteiger partial charge in [-0.2, -0.15) is 0 Å². The lowest BCUT2D eigenvalue weighted by Gasteiger charge is -2.23. The van der Waals surface area contributed by atoms with Gasteiger partial charge in [0.15, 0.2) is 0 Å². The lowest BCUT2D eigenvalue weighted by atomic mass is 10.0. The first kappa shape index (κ1) is 14.1. The van der Waals surface area contributed by atoms with Crippen molar-refractivity contribution in [1.82, 2.24) is 9.88 Å². The number of rotatable bonds is 5. The first-order valence-corrected chi connectivity index (χ1v) is 8.05. The van der Waals surface area contributed by atoms with Gasteiger partial charge < -0.3 is 9.72 Å². The van der Waals surface area contributed by atoms with Crippen molar-refractivity contribution in [3.8, 4) is 0 Å². The van der Waals surface area contributed by atoms with Crippen LogP contribution in [0.4, 0.5) is 0 Å². The number of nitrogens with one attached hydrogen (secondary N) is 1. The Labute approximate surface area is 128 Å². The van der Waals surface area contributed by atoms with Crippen LogP contribution in [0.15, 0.2) is 28.9 Å². The summed E-state index contributed by atoms with van der Waals surface area (Å²) in [6.07, 6.45) is 5.90. The third kappa shape index (κ3) is 2.92. The van der Waals surface area contributed by atoms with E-state index in [1.807, 2.05) is 0 Å². The van der Waals surface area contributed by atoms with E-state index < -0.39 is 0 Å². The molecule has 3 rings (SSSR count). The van der Waals surface area contributed by atoms with Crippen LogP contribution in [-0.4, -0.2) is 42.7 Å². The van der Waals surface area contributed by atoms with Crippen molar-refractivity contribution in [1.29, 1.82) is 0 Å². The molecule has 1 N–H and O–H groups in total. The molecule has 0 aliphatic carbocycles. The summed E-state index contributed by atoms with van der Waals surface area (Å²) in [4.78, 5) is 5.95. The summed E-state index contributed by atoms with van der Waals surface area (Å²) in [5.74, 6) is 0. The number of aromatic amines is 1. The summed E-state index contributed by atoms with van der Waals surface area (Å²) < 4.78 is 6.37. The molecule has 2 heterocycles. The summed E-state index contributed by atoms with van der Waals surface area (Å²) in [6.45, 7) is 3.09. The molecular formula is C16H21BrN2O. The van der Waals surface area contributed by atoms with Gasteiger partial charge in [0.1, 0.15) is 0 Å². The van der Waals surface area contributed by atoms with Crippen LogP contribution in [0.5, 0.6) is 0 Å². The number of halogens is 1. The molecular weight excluding hydrogens is 316 g/mol. The monoisotopic (exact) mass is 336 g/mol. The highest BCUT2D eigenvalue weighted by Crippen LogP contribution is 2.27. The van der Waals surface area contributed by atoms with Gasteiger partial charge in [0.05, 0.1) is 6.61 Å². The molecule has 0 saturated carbocycles. The lowest BCUT2D eigenvalue weighted by Crippen LogP contribution is -2.33. The second-order valence-corrected chi connectivity index (χ2v) is 6.45. The molecule has 1 aromatic carbocycles. The van der Waals surface area contributed by atoms with Crippen LogP contribution in [0.1, 0.15) is 18.4 Å². The molecule has 1 saturated heterocycles. The minimum Gasteiger partial charge on any atom is -0.383 e. The molecule has 20 heavy (non-hydrogen) atoms. The number of hydrogen-bond donors (Lipinski definition) is 1. The minimum absolute atomic E-state index is 0.656. The Morgan fingerprint density at radius 3 is 3.20 bits per heavy atom. The lowest BCUT2D eigenvalue weighted by molar-refractivity contribution is 0.141. The second kappa shape index (κ2) is 6.29. The molecule has 1 aromatic heterocycles. The third-order valence-electron chi connectivity index (χ3n) is 4.27. The Morgan fingerprint density at radius 2 is 2.35 bits per heavy atom. The number of likely N-dealkylation sites (tertiary alicyclic amines) is 1. The highest BCUT2D eigenvalue weighted by molar-refractivity contribution is 9.10. The summed E-state index contributed by atoms with van der Waals surface area (Å²) in [6, 6.07) is 7.10. The predicted octanol–water partition coefficient (Wildman–Crippen LogP) is 3.58. The molecule has 0 bridgehead atoms. The van der Waals surface area contributed by atoms with Crippen molar-refractivity contribution in [3.05, 3.63) is 34.4 Å². The van der Waals surface area contributed by atoms with Crippen LogP contribution in [0.3, 0.4) is 0 Å². The minimum atomic E-state index is 0.656. The Kier molecular flexibility index (Phi) is 4.44. The van der Waals surface area contributed by atoms with Crippen molar-refractivity contribution in [3.63, 3.8) is 0 Å². The second-order valence-electron chi connectivity index (χ2n) is 5.53. The van der Waals surface area contributed by atoms with Gasteiger partial charge in [-0.3, -0.25) is 4.90 Å². The SMILES string of the molecule is COCCN1CCC[C@@H]1Cc1c[nH]c2ccc(Br)cc12. The summed E-state index contributed by atoms with van der Waals surface area (Å²) in [5, 5.41) is 1.35. The molecule has 0 amide bonds. The van der Waals surface area contributed by atoms with Gasteiger partial charge in [0.2, 0.25) is 0 Å². The smallest absolute Gasteiger partial charge is 0.0589 e. The number of hydrogen-bond acceptors (Lipinski definition) is 2. The number of benzene rings is 1. The normalized spacial score (nSPS) is 20.0. The van der Waals surface area contributed by atoms with E-state index in [-0.39, 0.29) is 0 Å². The number of methoxy groups -OCH3 is 1. The van der Waals surface area contributed by atoms with E-state index in [0.29, 0.717) is 6.04 Å². The van der Waals surface area contributed by atoms with E-state index in [1.165, 1.54) is 35.9 Å². The maximum atomic E-state index is 5.22. The van der Waals surface area contributed by atoms with Crippen molar-refractivity contribution in [2.45, 2.75) is 25.3 Å². The molecule has 108 valence electrons. The zero-order valence-electron chi connectivity index (χ0n) is 11.9. The Bertz CT molecular complexity index is 581. The summed E-state index contributed by atoms with van der Waals surface area (Å²) in [5.41, 5.74) is 2.65. The van der Waals surface area contributed by atoms with Gasteiger partial charge in [-0.15, -0.1) is 0 Å². The molecule has 1 aliphatic rings. The van der Waals surface area contributed by atoms with Gasteiger partial charge in [0.25, 0.3) is 0 Å². The largest absolute Gasteiger partial charge is 0.383 e. The van der Waals surface area contributed by atoms with E-state index in [0.717, 1.165) is 24.0 Å². The molecule has 1 fully saturated rings. The fourth-order valence-electron chi connectivity index (χ4n) is 3.20. The highest BCUT2D eigenvalue weighted by Gasteiger charge is 2.24. The third-order valence-corrected chi connectivity index (χ3v) is 4.76. The number of nitrogens with zero attached hydrogens (tertiary/aromatic N) is 1. The fourth-order valence-corrected chi connectivity index (χ4v) is 3.56. The fraction of sp³-hybridized carbons (Fsp3) is 0.500. The summed E-state index contributed by atoms with van der Waals surface area (Å²) >= 11 is 3.57. The van der Waals surface area contributed by atoms with Crippen LogP contribution in [-0.2, 0) is 11.2 Å². The highest BCUT2D eigenvalue weighted by atomic mass is 79.9. The average molecular weight is 337 g/mol. The first-order chi connectivity index (χ1) is 9.78. The van der Waals surface area contributed by atoms with Gasteiger partial charge in [-0.1, -0.05) is 15.9 Å². The predicted molar refractivity (Wildman–Crippen MR) is 86.2 cm³/mol. The van der Waals surface area contributed by atoms with Crippen molar-refractivity contribution in [2.24, 2.45) is 0 Å². The maximum absolute atomic E-state index is 5.22. The number of aromatic nitrogens is 1. The quantitative estimate of drug-likeness (QED) is 0.903. The van der Waals surface area contributed by atoms with Crippen molar-refractivity contribution in [2.75, 3.05) is 26.8 Å². The van der Waals surface area contributed by atoms with Crippen LogP contribution < -0.4 is 0 Å². The molecule has 0 radical (unpaired) electrons. The van der Waals surface area contributed by atoms with E-state index in [4.69, 9.17) is 4.74 Å². The molecule has 0 unspecified atom stereocenters. The molecule has 1 aliphatic heterocycles. The first-order valence-electron chi connectivity index (χ1n) is 7.26. The van der Waals surface area contributed by atoms with E-state index in [9.17, 15) is 0 Å². The number of fused-ring (bicyclic) bond motifs is 1. The standard InChI is InChI=1S/C16H21BrN2O/c1-20-8-7-19-6-2-3-14(19)9-12-11-18-16-5-4-13(17)10-15(12)16/h4-5,10-11,14,18H,2-3,6-9H2,1H3/t14-/m1/s1. The molecule has 1 atom stereocenters. The van der Waals surface area contributed by atoms with Gasteiger partial charge in [-0.05, 0) is 49.6 Å². The summed E-state index contributed by atoms with van der Waals surface area (Å²) in [7, 11) is 1.78. The van der Waals surface area contributed by atoms with Crippen molar-refractivity contribution >= 4 is 26.8 Å². The maximum Gasteiger partial charge on any atom is 0.0589 e. The molecule has 2 aromatic rings. The Balaban J connectivity index is 1.76. The molecule has 0 spiro atoms. The zero-order valence-corrected chi connectivity index (χ0v) is 13.4. The van der Waals surface area contributed by atoms with Crippen molar-refractivity contribution < 1.29 is 4.74 Å². The average Bonchev–Trinajstić information content (AvgIpc) is 3.04. The Morgan fingerprint density at radius 1 is 1.45 bits per heavy atom. The van der Waals surface area contributed by atoms with E-state index in [1.54, 1.807) is 7.11 Å². The molecule has 3 nitrogen and oxygen atoms in total. The van der Waals surface area contributed by atoms with E-state index in [2.05, 4.69) is 50.2 Å². The van der Waals surface area contributed by atoms with Gasteiger partial charge >= 0.3 is 0 Å². The zero-order chi connectivity index (χ0) is 13.9. The van der Waals surface area contributed by atoms with Crippen LogP contribution in [0, 0.1) is 0 Å². The topological polar surface area (TPSA) is 28.3 Å². The molecule has 4 heteroatoms. The number of ether oxygens (including phenoxy) is 1. The van der Waals surface area contributed by atoms with E-state index >= 15 is 0 Å². The van der Waals surface area contributed by atoms with Crippen LogP contribution in [0.2, 0.25) is 0 Å². The van der Waals surface area contributed by atoms with Crippen LogP contribution >= 0.6 is 15.9 Å².